The molecule has 1 aliphatic heterocycles. The van der Waals surface area contributed by atoms with Gasteiger partial charge in [0, 0.05) is 17.5 Å². The van der Waals surface area contributed by atoms with Crippen LogP contribution < -0.4 is 4.72 Å². The van der Waals surface area contributed by atoms with Crippen molar-refractivity contribution in [1.82, 2.24) is 4.72 Å². The smallest absolute Gasteiger partial charge is 0.168 e. The van der Waals surface area contributed by atoms with Gasteiger partial charge in [-0.1, -0.05) is 76.7 Å². The third-order valence-electron chi connectivity index (χ3n) is 2.67. The van der Waals surface area contributed by atoms with Crippen molar-refractivity contribution in [3.05, 3.63) is 56.0 Å². The standard InChI is InChI=1S/C13H5Cl4N2S/c14-7-8(15)10(17)12-11(9(7)16)18-13(19-20-12)6-4-2-1-3-5-6/h1-5H. The Kier molecular flexibility index (Phi) is 4.07. The minimum Gasteiger partial charge on any atom is -0.225 e. The van der Waals surface area contributed by atoms with Crippen LogP contribution in [0.5, 0.6) is 0 Å². The maximum Gasteiger partial charge on any atom is 0.168 e. The lowest BCUT2D eigenvalue weighted by Crippen LogP contribution is -2.13. The molecule has 0 unspecified atom stereocenters. The molecule has 20 heavy (non-hydrogen) atoms. The van der Waals surface area contributed by atoms with Crippen LogP contribution in [-0.4, -0.2) is 5.84 Å². The van der Waals surface area contributed by atoms with Gasteiger partial charge < -0.3 is 0 Å². The van der Waals surface area contributed by atoms with Gasteiger partial charge in [-0.25, -0.2) is 4.99 Å². The van der Waals surface area contributed by atoms with Crippen molar-refractivity contribution in [2.24, 2.45) is 4.99 Å². The van der Waals surface area contributed by atoms with Gasteiger partial charge in [-0.3, -0.25) is 0 Å². The topological polar surface area (TPSA) is 26.5 Å². The summed E-state index contributed by atoms with van der Waals surface area (Å²) in [6.45, 7) is 0. The maximum atomic E-state index is 6.20. The second-order valence-electron chi connectivity index (χ2n) is 3.92. The van der Waals surface area contributed by atoms with Gasteiger partial charge in [0.15, 0.2) is 5.84 Å². The highest BCUT2D eigenvalue weighted by Crippen LogP contribution is 2.50. The summed E-state index contributed by atoms with van der Waals surface area (Å²) in [5.41, 5.74) is 1.40. The molecule has 0 atom stereocenters. The van der Waals surface area contributed by atoms with Gasteiger partial charge in [-0.15, -0.1) is 0 Å². The highest BCUT2D eigenvalue weighted by molar-refractivity contribution is 7.98. The molecule has 1 heterocycles. The highest BCUT2D eigenvalue weighted by Gasteiger charge is 2.25. The molecule has 2 aromatic carbocycles. The van der Waals surface area contributed by atoms with Crippen LogP contribution in [0.15, 0.2) is 40.2 Å². The molecule has 1 radical (unpaired) electrons. The van der Waals surface area contributed by atoms with Crippen molar-refractivity contribution in [2.45, 2.75) is 4.90 Å². The summed E-state index contributed by atoms with van der Waals surface area (Å²) < 4.78 is 4.34. The fourth-order valence-corrected chi connectivity index (χ4v) is 3.54. The number of hydrogen-bond acceptors (Lipinski definition) is 2. The Labute approximate surface area is 140 Å². The van der Waals surface area contributed by atoms with Gasteiger partial charge in [-0.2, -0.15) is 4.72 Å². The van der Waals surface area contributed by atoms with E-state index in [1.165, 1.54) is 11.9 Å². The van der Waals surface area contributed by atoms with Crippen molar-refractivity contribution < 1.29 is 0 Å². The first-order chi connectivity index (χ1) is 9.59. The summed E-state index contributed by atoms with van der Waals surface area (Å²) in [7, 11) is 0. The Morgan fingerprint density at radius 3 is 2.15 bits per heavy atom. The summed E-state index contributed by atoms with van der Waals surface area (Å²) in [6.07, 6.45) is 0. The maximum absolute atomic E-state index is 6.20. The van der Waals surface area contributed by atoms with Crippen LogP contribution >= 0.6 is 58.4 Å². The first-order valence-electron chi connectivity index (χ1n) is 5.47. The molecule has 2 aromatic rings. The Hall–Kier alpha value is -0.580. The number of nitrogens with zero attached hydrogens (tertiary/aromatic N) is 2. The zero-order valence-electron chi connectivity index (χ0n) is 9.70. The first kappa shape index (κ1) is 14.4. The van der Waals surface area contributed by atoms with Crippen molar-refractivity contribution >= 4 is 69.9 Å². The second kappa shape index (κ2) is 5.66. The average Bonchev–Trinajstić information content (AvgIpc) is 2.51. The number of hydrogen-bond donors (Lipinski definition) is 0. The van der Waals surface area contributed by atoms with Crippen LogP contribution in [-0.2, 0) is 0 Å². The molecule has 0 amide bonds. The summed E-state index contributed by atoms with van der Waals surface area (Å²) in [5, 5.41) is 1.03. The Bertz CT molecular complexity index is 716. The van der Waals surface area contributed by atoms with E-state index >= 15 is 0 Å². The predicted molar refractivity (Wildman–Crippen MR) is 87.1 cm³/mol. The summed E-state index contributed by atoms with van der Waals surface area (Å²) >= 11 is 25.6. The zero-order chi connectivity index (χ0) is 14.3. The summed E-state index contributed by atoms with van der Waals surface area (Å²) in [4.78, 5) is 5.06. The third kappa shape index (κ3) is 2.38. The number of fused-ring (bicyclic) bond motifs is 1. The van der Waals surface area contributed by atoms with Crippen LogP contribution in [0.2, 0.25) is 20.1 Å². The molecule has 1 aliphatic rings. The van der Waals surface area contributed by atoms with Gasteiger partial charge in [0.1, 0.15) is 5.69 Å². The number of aliphatic imine (C=N–C) groups is 1. The minimum atomic E-state index is 0.204. The monoisotopic (exact) mass is 361 g/mol. The lowest BCUT2D eigenvalue weighted by molar-refractivity contribution is 1.27. The predicted octanol–water partition coefficient (Wildman–Crippen LogP) is 6.00. The summed E-state index contributed by atoms with van der Waals surface area (Å²) in [5.74, 6) is 0.569. The van der Waals surface area contributed by atoms with Gasteiger partial charge >= 0.3 is 0 Å². The van der Waals surface area contributed by atoms with Crippen molar-refractivity contribution in [3.8, 4) is 0 Å². The summed E-state index contributed by atoms with van der Waals surface area (Å²) in [6, 6.07) is 9.59. The molecule has 0 aromatic heterocycles. The number of amidine groups is 1. The Morgan fingerprint density at radius 2 is 1.45 bits per heavy atom. The van der Waals surface area contributed by atoms with E-state index in [4.69, 9.17) is 46.4 Å². The molecular formula is C13H5Cl4N2S. The largest absolute Gasteiger partial charge is 0.225 e. The molecule has 7 heteroatoms. The van der Waals surface area contributed by atoms with Crippen LogP contribution in [0, 0.1) is 0 Å². The molecule has 101 valence electrons. The quantitative estimate of drug-likeness (QED) is 0.347. The molecule has 0 saturated carbocycles. The zero-order valence-corrected chi connectivity index (χ0v) is 13.5. The molecule has 0 aliphatic carbocycles. The van der Waals surface area contributed by atoms with Crippen LogP contribution in [0.25, 0.3) is 0 Å². The molecule has 0 spiro atoms. The van der Waals surface area contributed by atoms with E-state index in [0.717, 1.165) is 5.56 Å². The van der Waals surface area contributed by atoms with E-state index in [1.807, 2.05) is 30.3 Å². The fourth-order valence-electron chi connectivity index (χ4n) is 1.70. The average molecular weight is 363 g/mol. The molecule has 0 bridgehead atoms. The van der Waals surface area contributed by atoms with Gasteiger partial charge in [-0.05, 0) is 0 Å². The van der Waals surface area contributed by atoms with E-state index in [9.17, 15) is 0 Å². The van der Waals surface area contributed by atoms with Crippen LogP contribution in [0.4, 0.5) is 5.69 Å². The molecule has 0 fully saturated rings. The lowest BCUT2D eigenvalue weighted by Gasteiger charge is -2.18. The molecule has 0 N–H and O–H groups in total. The lowest BCUT2D eigenvalue weighted by atomic mass is 10.2. The second-order valence-corrected chi connectivity index (χ2v) is 6.20. The molecule has 3 rings (SSSR count). The Morgan fingerprint density at radius 1 is 0.800 bits per heavy atom. The van der Waals surface area contributed by atoms with E-state index in [1.54, 1.807) is 0 Å². The highest BCUT2D eigenvalue weighted by atomic mass is 35.5. The Balaban J connectivity index is 2.19. The SMILES string of the molecule is Clc1c(Cl)c(Cl)c2c(c1Cl)N=C(c1ccccc1)[N]S2. The number of benzene rings is 2. The number of halogens is 4. The van der Waals surface area contributed by atoms with Crippen LogP contribution in [0.3, 0.4) is 0 Å². The first-order valence-corrected chi connectivity index (χ1v) is 7.76. The molecule has 2 nitrogen and oxygen atoms in total. The van der Waals surface area contributed by atoms with E-state index in [0.29, 0.717) is 21.4 Å². The number of rotatable bonds is 1. The molecular weight excluding hydrogens is 358 g/mol. The van der Waals surface area contributed by atoms with Gasteiger partial charge in [0.05, 0.1) is 25.0 Å². The van der Waals surface area contributed by atoms with Crippen molar-refractivity contribution in [3.63, 3.8) is 0 Å². The van der Waals surface area contributed by atoms with E-state index in [-0.39, 0.29) is 15.1 Å². The van der Waals surface area contributed by atoms with Crippen molar-refractivity contribution in [2.75, 3.05) is 0 Å². The molecule has 0 saturated heterocycles. The van der Waals surface area contributed by atoms with Gasteiger partial charge in [0.2, 0.25) is 0 Å². The van der Waals surface area contributed by atoms with Crippen molar-refractivity contribution in [1.29, 1.82) is 0 Å². The third-order valence-corrected chi connectivity index (χ3v) is 5.42. The van der Waals surface area contributed by atoms with E-state index < -0.39 is 0 Å². The normalized spacial score (nSPS) is 13.5. The van der Waals surface area contributed by atoms with Gasteiger partial charge in [0.25, 0.3) is 0 Å². The minimum absolute atomic E-state index is 0.204. The van der Waals surface area contributed by atoms with Crippen LogP contribution in [0.1, 0.15) is 5.56 Å². The fraction of sp³-hybridized carbons (Fsp3) is 0. The van der Waals surface area contributed by atoms with E-state index in [2.05, 4.69) is 9.71 Å².